The van der Waals surface area contributed by atoms with Crippen molar-refractivity contribution in [3.05, 3.63) is 35.9 Å². The second-order valence-electron chi connectivity index (χ2n) is 3.75. The molecule has 0 aliphatic rings. The fourth-order valence-corrected chi connectivity index (χ4v) is 1.73. The van der Waals surface area contributed by atoms with Crippen molar-refractivity contribution < 1.29 is 10.2 Å². The number of aliphatic hydroxyl groups excluding tert-OH is 2. The quantitative estimate of drug-likeness (QED) is 0.651. The maximum Gasteiger partial charge on any atom is 0.0668 e. The molecule has 0 heterocycles. The molecule has 0 saturated heterocycles. The Morgan fingerprint density at radius 2 is 1.87 bits per heavy atom. The zero-order valence-electron chi connectivity index (χ0n) is 8.84. The molecule has 0 aliphatic heterocycles. The fraction of sp³-hybridized carbons (Fsp3) is 0.500. The molecular formula is C12H19NO2. The molecule has 84 valence electrons. The highest BCUT2D eigenvalue weighted by molar-refractivity contribution is 5.19. The first-order valence-corrected chi connectivity index (χ1v) is 5.32. The normalized spacial score (nSPS) is 14.9. The number of benzene rings is 1. The van der Waals surface area contributed by atoms with Crippen LogP contribution in [0.15, 0.2) is 30.3 Å². The molecule has 4 N–H and O–H groups in total. The lowest BCUT2D eigenvalue weighted by molar-refractivity contribution is 0.155. The van der Waals surface area contributed by atoms with E-state index in [0.29, 0.717) is 12.8 Å². The molecule has 2 atom stereocenters. The van der Waals surface area contributed by atoms with Gasteiger partial charge in [0.15, 0.2) is 0 Å². The average Bonchev–Trinajstić information content (AvgIpc) is 2.29. The summed E-state index contributed by atoms with van der Waals surface area (Å²) in [6.45, 7) is 0.408. The molecule has 0 bridgehead atoms. The van der Waals surface area contributed by atoms with Gasteiger partial charge in [0.25, 0.3) is 0 Å². The molecule has 1 aromatic rings. The second kappa shape index (κ2) is 6.56. The lowest BCUT2D eigenvalue weighted by Gasteiger charge is -2.19. The summed E-state index contributed by atoms with van der Waals surface area (Å²) in [5, 5.41) is 18.5. The van der Waals surface area contributed by atoms with Gasteiger partial charge < -0.3 is 15.9 Å². The monoisotopic (exact) mass is 209 g/mol. The van der Waals surface area contributed by atoms with E-state index >= 15 is 0 Å². The predicted molar refractivity (Wildman–Crippen MR) is 60.6 cm³/mol. The lowest BCUT2D eigenvalue weighted by Crippen LogP contribution is -2.22. The van der Waals surface area contributed by atoms with E-state index in [0.717, 1.165) is 5.56 Å². The number of hydrogen-bond acceptors (Lipinski definition) is 3. The molecule has 0 amide bonds. The summed E-state index contributed by atoms with van der Waals surface area (Å²) in [7, 11) is 0. The van der Waals surface area contributed by atoms with Crippen LogP contribution in [0.1, 0.15) is 24.3 Å². The van der Waals surface area contributed by atoms with Gasteiger partial charge in [0.05, 0.1) is 6.10 Å². The minimum Gasteiger partial charge on any atom is -0.396 e. The Morgan fingerprint density at radius 1 is 1.20 bits per heavy atom. The zero-order chi connectivity index (χ0) is 11.1. The highest BCUT2D eigenvalue weighted by Gasteiger charge is 2.14. The van der Waals surface area contributed by atoms with E-state index in [9.17, 15) is 5.11 Å². The van der Waals surface area contributed by atoms with Crippen LogP contribution in [0.5, 0.6) is 0 Å². The summed E-state index contributed by atoms with van der Waals surface area (Å²) in [5.41, 5.74) is 6.53. The van der Waals surface area contributed by atoms with Gasteiger partial charge in [0.2, 0.25) is 0 Å². The van der Waals surface area contributed by atoms with Crippen LogP contribution in [-0.2, 0) is 0 Å². The van der Waals surface area contributed by atoms with Crippen LogP contribution in [0.25, 0.3) is 0 Å². The Kier molecular flexibility index (Phi) is 5.32. The van der Waals surface area contributed by atoms with E-state index < -0.39 is 6.10 Å². The molecule has 1 aromatic carbocycles. The summed E-state index contributed by atoms with van der Waals surface area (Å²) >= 11 is 0. The first-order chi connectivity index (χ1) is 7.27. The molecule has 0 radical (unpaired) electrons. The van der Waals surface area contributed by atoms with Crippen LogP contribution in [-0.4, -0.2) is 29.5 Å². The van der Waals surface area contributed by atoms with Crippen molar-refractivity contribution in [3.8, 4) is 0 Å². The summed E-state index contributed by atoms with van der Waals surface area (Å²) in [6.07, 6.45) is 0.795. The van der Waals surface area contributed by atoms with Gasteiger partial charge in [-0.2, -0.15) is 0 Å². The van der Waals surface area contributed by atoms with Crippen molar-refractivity contribution in [2.75, 3.05) is 13.2 Å². The third-order valence-electron chi connectivity index (χ3n) is 2.58. The van der Waals surface area contributed by atoms with Gasteiger partial charge in [-0.3, -0.25) is 0 Å². The summed E-state index contributed by atoms with van der Waals surface area (Å²) in [4.78, 5) is 0. The van der Waals surface area contributed by atoms with E-state index in [1.807, 2.05) is 30.3 Å². The molecule has 15 heavy (non-hydrogen) atoms. The topological polar surface area (TPSA) is 66.5 Å². The van der Waals surface area contributed by atoms with Crippen molar-refractivity contribution >= 4 is 0 Å². The molecular weight excluding hydrogens is 190 g/mol. The van der Waals surface area contributed by atoms with Crippen LogP contribution in [0, 0.1) is 0 Å². The Bertz CT molecular complexity index is 264. The Morgan fingerprint density at radius 3 is 2.40 bits per heavy atom. The molecule has 3 nitrogen and oxygen atoms in total. The standard InChI is InChI=1S/C12H19NO2/c13-9-12(15)8-11(6-7-14)10-4-2-1-3-5-10/h1-5,11-12,14-15H,6-9,13H2. The third-order valence-corrected chi connectivity index (χ3v) is 2.58. The van der Waals surface area contributed by atoms with Gasteiger partial charge in [-0.05, 0) is 24.3 Å². The molecule has 0 saturated carbocycles. The average molecular weight is 209 g/mol. The predicted octanol–water partition coefficient (Wildman–Crippen LogP) is 0.862. The van der Waals surface area contributed by atoms with Crippen LogP contribution in [0.2, 0.25) is 0 Å². The molecule has 1 rings (SSSR count). The van der Waals surface area contributed by atoms with Gasteiger partial charge >= 0.3 is 0 Å². The number of hydrogen-bond donors (Lipinski definition) is 3. The first-order valence-electron chi connectivity index (χ1n) is 5.32. The van der Waals surface area contributed by atoms with Crippen molar-refractivity contribution in [1.82, 2.24) is 0 Å². The number of nitrogens with two attached hydrogens (primary N) is 1. The minimum absolute atomic E-state index is 0.136. The largest absolute Gasteiger partial charge is 0.396 e. The Balaban J connectivity index is 2.65. The second-order valence-corrected chi connectivity index (χ2v) is 3.75. The Hall–Kier alpha value is -0.900. The van der Waals surface area contributed by atoms with Crippen molar-refractivity contribution in [2.45, 2.75) is 24.9 Å². The van der Waals surface area contributed by atoms with Crippen molar-refractivity contribution in [1.29, 1.82) is 0 Å². The minimum atomic E-state index is -0.484. The van der Waals surface area contributed by atoms with E-state index in [-0.39, 0.29) is 19.1 Å². The van der Waals surface area contributed by atoms with E-state index in [1.54, 1.807) is 0 Å². The summed E-state index contributed by atoms with van der Waals surface area (Å²) in [5.74, 6) is 0.190. The van der Waals surface area contributed by atoms with Crippen molar-refractivity contribution in [3.63, 3.8) is 0 Å². The third kappa shape index (κ3) is 4.00. The van der Waals surface area contributed by atoms with Gasteiger partial charge in [-0.25, -0.2) is 0 Å². The van der Waals surface area contributed by atoms with E-state index in [4.69, 9.17) is 10.8 Å². The SMILES string of the molecule is NCC(O)CC(CCO)c1ccccc1. The number of rotatable bonds is 6. The smallest absolute Gasteiger partial charge is 0.0668 e. The molecule has 0 aliphatic carbocycles. The zero-order valence-corrected chi connectivity index (χ0v) is 8.84. The molecule has 0 aromatic heterocycles. The maximum atomic E-state index is 9.51. The van der Waals surface area contributed by atoms with Crippen LogP contribution < -0.4 is 5.73 Å². The molecule has 2 unspecified atom stereocenters. The molecule has 3 heteroatoms. The summed E-state index contributed by atoms with van der Waals surface area (Å²) < 4.78 is 0. The highest BCUT2D eigenvalue weighted by Crippen LogP contribution is 2.24. The van der Waals surface area contributed by atoms with E-state index in [2.05, 4.69) is 0 Å². The first kappa shape index (κ1) is 12.2. The molecule has 0 spiro atoms. The highest BCUT2D eigenvalue weighted by atomic mass is 16.3. The molecule has 0 fully saturated rings. The van der Waals surface area contributed by atoms with Crippen LogP contribution >= 0.6 is 0 Å². The van der Waals surface area contributed by atoms with Gasteiger partial charge in [-0.15, -0.1) is 0 Å². The Labute approximate surface area is 90.5 Å². The van der Waals surface area contributed by atoms with Gasteiger partial charge in [0, 0.05) is 13.2 Å². The van der Waals surface area contributed by atoms with Crippen molar-refractivity contribution in [2.24, 2.45) is 5.73 Å². The summed E-state index contributed by atoms with van der Waals surface area (Å²) in [6, 6.07) is 9.93. The van der Waals surface area contributed by atoms with E-state index in [1.165, 1.54) is 0 Å². The number of aliphatic hydroxyl groups is 2. The maximum absolute atomic E-state index is 9.51. The fourth-order valence-electron chi connectivity index (χ4n) is 1.73. The van der Waals surface area contributed by atoms with Gasteiger partial charge in [0.1, 0.15) is 0 Å². The van der Waals surface area contributed by atoms with Crippen LogP contribution in [0.3, 0.4) is 0 Å². The van der Waals surface area contributed by atoms with Gasteiger partial charge in [-0.1, -0.05) is 30.3 Å². The lowest BCUT2D eigenvalue weighted by atomic mass is 9.90. The van der Waals surface area contributed by atoms with Crippen LogP contribution in [0.4, 0.5) is 0 Å².